The Morgan fingerprint density at radius 3 is 1.91 bits per heavy atom. The van der Waals surface area contributed by atoms with E-state index >= 15 is 0 Å². The molecule has 1 rings (SSSR count). The van der Waals surface area contributed by atoms with Crippen LogP contribution in [0.5, 0.6) is 0 Å². The Kier molecular flexibility index (Phi) is 4.71. The van der Waals surface area contributed by atoms with E-state index in [1.54, 1.807) is 5.92 Å². The molecule has 0 aromatic heterocycles. The molecule has 23 heavy (non-hydrogen) atoms. The highest BCUT2D eigenvalue weighted by atomic mass is 19.4. The molecule has 1 aliphatic rings. The molecule has 126 valence electrons. The van der Waals surface area contributed by atoms with E-state index in [9.17, 15) is 35.9 Å². The zero-order chi connectivity index (χ0) is 18.2. The Morgan fingerprint density at radius 2 is 1.61 bits per heavy atom. The highest BCUT2D eigenvalue weighted by molar-refractivity contribution is 6.13. The van der Waals surface area contributed by atoms with Gasteiger partial charge in [0.25, 0.3) is 0 Å². The van der Waals surface area contributed by atoms with Gasteiger partial charge in [-0.2, -0.15) is 26.3 Å². The SMILES string of the molecule is C#C/C(=C\C1=C(C)C(=O)OC1=O)CC(C)(C(F)(F)F)C(F)(F)F. The fraction of sp³-hybridized carbons (Fsp3) is 0.429. The van der Waals surface area contributed by atoms with E-state index < -0.39 is 47.3 Å². The smallest absolute Gasteiger partial charge is 0.386 e. The Labute approximate surface area is 127 Å². The van der Waals surface area contributed by atoms with E-state index in [0.717, 1.165) is 6.92 Å². The van der Waals surface area contributed by atoms with Gasteiger partial charge in [0.15, 0.2) is 5.41 Å². The van der Waals surface area contributed by atoms with Gasteiger partial charge in [0, 0.05) is 17.6 Å². The van der Waals surface area contributed by atoms with E-state index in [-0.39, 0.29) is 12.5 Å². The lowest BCUT2D eigenvalue weighted by Gasteiger charge is -2.33. The highest BCUT2D eigenvalue weighted by Crippen LogP contribution is 2.53. The lowest BCUT2D eigenvalue weighted by Crippen LogP contribution is -2.47. The molecule has 0 bridgehead atoms. The number of hydrogen-bond donors (Lipinski definition) is 0. The van der Waals surface area contributed by atoms with Crippen molar-refractivity contribution in [2.24, 2.45) is 5.41 Å². The van der Waals surface area contributed by atoms with Gasteiger partial charge in [-0.3, -0.25) is 0 Å². The van der Waals surface area contributed by atoms with Crippen molar-refractivity contribution in [2.75, 3.05) is 0 Å². The molecule has 0 saturated carbocycles. The van der Waals surface area contributed by atoms with E-state index in [1.807, 2.05) is 0 Å². The molecule has 0 aliphatic carbocycles. The topological polar surface area (TPSA) is 43.4 Å². The summed E-state index contributed by atoms with van der Waals surface area (Å²) in [6, 6.07) is 0. The summed E-state index contributed by atoms with van der Waals surface area (Å²) < 4.78 is 81.3. The van der Waals surface area contributed by atoms with E-state index in [1.165, 1.54) is 0 Å². The van der Waals surface area contributed by atoms with Gasteiger partial charge in [0.1, 0.15) is 0 Å². The molecule has 0 atom stereocenters. The molecule has 0 amide bonds. The maximum absolute atomic E-state index is 12.9. The molecule has 3 nitrogen and oxygen atoms in total. The largest absolute Gasteiger partial charge is 0.403 e. The summed E-state index contributed by atoms with van der Waals surface area (Å²) in [5, 5.41) is 0. The predicted molar refractivity (Wildman–Crippen MR) is 65.5 cm³/mol. The first kappa shape index (κ1) is 18.8. The first-order valence-corrected chi connectivity index (χ1v) is 6.02. The van der Waals surface area contributed by atoms with Crippen molar-refractivity contribution in [3.8, 4) is 12.3 Å². The van der Waals surface area contributed by atoms with Crippen LogP contribution in [-0.2, 0) is 14.3 Å². The number of terminal acetylenes is 1. The summed E-state index contributed by atoms with van der Waals surface area (Å²) >= 11 is 0. The summed E-state index contributed by atoms with van der Waals surface area (Å²) in [6.45, 7) is 1.11. The van der Waals surface area contributed by atoms with Crippen molar-refractivity contribution in [3.05, 3.63) is 22.8 Å². The van der Waals surface area contributed by atoms with Crippen LogP contribution in [0, 0.1) is 17.8 Å². The first-order chi connectivity index (χ1) is 10.2. The maximum atomic E-state index is 12.9. The second-order valence-electron chi connectivity index (χ2n) is 5.03. The highest BCUT2D eigenvalue weighted by Gasteiger charge is 2.67. The van der Waals surface area contributed by atoms with Crippen LogP contribution in [0.15, 0.2) is 22.8 Å². The molecular weight excluding hydrogens is 330 g/mol. The zero-order valence-corrected chi connectivity index (χ0v) is 11.9. The molecule has 0 spiro atoms. The van der Waals surface area contributed by atoms with E-state index in [0.29, 0.717) is 6.08 Å². The van der Waals surface area contributed by atoms with Crippen LogP contribution in [0.1, 0.15) is 20.3 Å². The van der Waals surface area contributed by atoms with Crippen molar-refractivity contribution in [3.63, 3.8) is 0 Å². The van der Waals surface area contributed by atoms with Crippen molar-refractivity contribution in [2.45, 2.75) is 32.6 Å². The number of carbonyl (C=O) groups is 2. The number of alkyl halides is 6. The van der Waals surface area contributed by atoms with Gasteiger partial charge in [0.05, 0.1) is 5.57 Å². The number of hydrogen-bond acceptors (Lipinski definition) is 3. The molecule has 0 fully saturated rings. The van der Waals surface area contributed by atoms with Gasteiger partial charge in [-0.1, -0.05) is 5.92 Å². The molecule has 0 N–H and O–H groups in total. The fourth-order valence-electron chi connectivity index (χ4n) is 1.71. The van der Waals surface area contributed by atoms with Crippen molar-refractivity contribution in [1.82, 2.24) is 0 Å². The van der Waals surface area contributed by atoms with Crippen molar-refractivity contribution >= 4 is 11.9 Å². The average molecular weight is 340 g/mol. The molecule has 0 radical (unpaired) electrons. The molecule has 0 aromatic carbocycles. The normalized spacial score (nSPS) is 17.4. The third kappa shape index (κ3) is 3.41. The summed E-state index contributed by atoms with van der Waals surface area (Å²) in [5.41, 5.74) is -5.54. The standard InChI is InChI=1S/C14H10F6O3/c1-4-8(5-9-7(2)10(21)23-11(9)22)6-12(3,13(15,16)17)14(18,19)20/h1,5H,6H2,2-3H3/b8-5+. The van der Waals surface area contributed by atoms with E-state index in [4.69, 9.17) is 6.42 Å². The second kappa shape index (κ2) is 5.76. The summed E-state index contributed by atoms with van der Waals surface area (Å²) in [7, 11) is 0. The Bertz CT molecular complexity index is 629. The summed E-state index contributed by atoms with van der Waals surface area (Å²) in [5.74, 6) is -0.522. The molecule has 1 heterocycles. The number of allylic oxidation sites excluding steroid dienone is 1. The number of rotatable bonds is 3. The number of cyclic esters (lactones) is 2. The minimum absolute atomic E-state index is 0.0302. The second-order valence-corrected chi connectivity index (χ2v) is 5.03. The lowest BCUT2D eigenvalue weighted by molar-refractivity contribution is -0.333. The van der Waals surface area contributed by atoms with Crippen LogP contribution in [0.2, 0.25) is 0 Å². The molecule has 9 heteroatoms. The van der Waals surface area contributed by atoms with Crippen LogP contribution in [-0.4, -0.2) is 24.3 Å². The molecule has 0 aromatic rings. The molecule has 0 unspecified atom stereocenters. The van der Waals surface area contributed by atoms with Gasteiger partial charge < -0.3 is 4.74 Å². The van der Waals surface area contributed by atoms with E-state index in [2.05, 4.69) is 4.74 Å². The van der Waals surface area contributed by atoms with Gasteiger partial charge in [-0.05, 0) is 19.9 Å². The number of esters is 2. The van der Waals surface area contributed by atoms with Gasteiger partial charge >= 0.3 is 24.3 Å². The third-order valence-corrected chi connectivity index (χ3v) is 3.41. The predicted octanol–water partition coefficient (Wildman–Crippen LogP) is 3.47. The Hall–Kier alpha value is -2.24. The number of carbonyl (C=O) groups excluding carboxylic acids is 2. The summed E-state index contributed by atoms with van der Waals surface area (Å²) in [4.78, 5) is 22.5. The molecule has 1 aliphatic heterocycles. The average Bonchev–Trinajstić information content (AvgIpc) is 2.61. The number of ether oxygens (including phenoxy) is 1. The van der Waals surface area contributed by atoms with Crippen molar-refractivity contribution in [1.29, 1.82) is 0 Å². The quantitative estimate of drug-likeness (QED) is 0.342. The van der Waals surface area contributed by atoms with Crippen LogP contribution < -0.4 is 0 Å². The molecule has 0 saturated heterocycles. The third-order valence-electron chi connectivity index (χ3n) is 3.41. The minimum Gasteiger partial charge on any atom is -0.386 e. The van der Waals surface area contributed by atoms with Gasteiger partial charge in [0.2, 0.25) is 0 Å². The maximum Gasteiger partial charge on any atom is 0.403 e. The fourth-order valence-corrected chi connectivity index (χ4v) is 1.71. The van der Waals surface area contributed by atoms with Crippen LogP contribution in [0.4, 0.5) is 26.3 Å². The van der Waals surface area contributed by atoms with Crippen LogP contribution >= 0.6 is 0 Å². The number of halogens is 6. The van der Waals surface area contributed by atoms with Crippen LogP contribution in [0.3, 0.4) is 0 Å². The zero-order valence-electron chi connectivity index (χ0n) is 11.9. The van der Waals surface area contributed by atoms with Crippen molar-refractivity contribution < 1.29 is 40.7 Å². The summed E-state index contributed by atoms with van der Waals surface area (Å²) in [6.07, 6.45) is -7.24. The first-order valence-electron chi connectivity index (χ1n) is 6.02. The van der Waals surface area contributed by atoms with Crippen LogP contribution in [0.25, 0.3) is 0 Å². The lowest BCUT2D eigenvalue weighted by atomic mass is 9.81. The molecular formula is C14H10F6O3. The monoisotopic (exact) mass is 340 g/mol. The Balaban J connectivity index is 3.33. The minimum atomic E-state index is -5.61. The van der Waals surface area contributed by atoms with Gasteiger partial charge in [-0.15, -0.1) is 6.42 Å². The van der Waals surface area contributed by atoms with Gasteiger partial charge in [-0.25, -0.2) is 9.59 Å². The Morgan fingerprint density at radius 1 is 1.13 bits per heavy atom.